The highest BCUT2D eigenvalue weighted by Gasteiger charge is 2.64. The number of piperidine rings is 2. The number of benzene rings is 2. The Kier molecular flexibility index (Phi) is 9.49. The second-order valence-electron chi connectivity index (χ2n) is 12.8. The molecule has 3 atom stereocenters. The minimum atomic E-state index is -1.07. The lowest BCUT2D eigenvalue weighted by Gasteiger charge is -2.59. The number of morpholine rings is 1. The molecular formula is C33H43BrN5O6+. The van der Waals surface area contributed by atoms with Crippen LogP contribution in [0.5, 0.6) is 5.75 Å². The molecule has 45 heavy (non-hydrogen) atoms. The summed E-state index contributed by atoms with van der Waals surface area (Å²) in [6, 6.07) is 12.9. The summed E-state index contributed by atoms with van der Waals surface area (Å²) in [6.07, 6.45) is 3.21. The fourth-order valence-corrected chi connectivity index (χ4v) is 8.70. The molecule has 0 bridgehead atoms. The highest BCUT2D eigenvalue weighted by Crippen LogP contribution is 2.46. The van der Waals surface area contributed by atoms with Gasteiger partial charge in [-0.2, -0.15) is 4.79 Å². The smallest absolute Gasteiger partial charge is 0.507 e. The zero-order valence-electron chi connectivity index (χ0n) is 25.6. The summed E-state index contributed by atoms with van der Waals surface area (Å²) in [5, 5.41) is 24.4. The van der Waals surface area contributed by atoms with E-state index in [1.165, 1.54) is 0 Å². The maximum atomic E-state index is 13.7. The molecule has 4 aliphatic heterocycles. The van der Waals surface area contributed by atoms with Gasteiger partial charge in [-0.05, 0) is 65.0 Å². The molecule has 3 saturated heterocycles. The first-order chi connectivity index (χ1) is 21.8. The minimum absolute atomic E-state index is 0.0347. The third kappa shape index (κ3) is 6.10. The van der Waals surface area contributed by atoms with Gasteiger partial charge in [0, 0.05) is 68.9 Å². The quantitative estimate of drug-likeness (QED) is 0.288. The van der Waals surface area contributed by atoms with E-state index in [0.717, 1.165) is 62.2 Å². The first-order valence-electron chi connectivity index (χ1n) is 16.0. The van der Waals surface area contributed by atoms with Gasteiger partial charge < -0.3 is 30.0 Å². The lowest BCUT2D eigenvalue weighted by atomic mass is 9.81. The Morgan fingerprint density at radius 1 is 1.07 bits per heavy atom. The Hall–Kier alpha value is -3.03. The first kappa shape index (κ1) is 31.9. The molecule has 3 fully saturated rings. The van der Waals surface area contributed by atoms with Crippen molar-refractivity contribution in [1.82, 2.24) is 14.7 Å². The highest BCUT2D eigenvalue weighted by atomic mass is 79.9. The molecule has 3 amide bonds. The van der Waals surface area contributed by atoms with Crippen LogP contribution in [0.25, 0.3) is 0 Å². The normalized spacial score (nSPS) is 28.6. The number of carbonyl (C=O) groups excluding carboxylic acids is 2. The fraction of sp³-hybridized carbons (Fsp3) is 0.545. The summed E-state index contributed by atoms with van der Waals surface area (Å²) in [6.45, 7) is 5.47. The summed E-state index contributed by atoms with van der Waals surface area (Å²) in [5.74, 6) is 0.0804. The molecule has 6 rings (SSSR count). The van der Waals surface area contributed by atoms with Gasteiger partial charge in [-0.25, -0.2) is 9.28 Å². The van der Waals surface area contributed by atoms with Gasteiger partial charge in [-0.1, -0.05) is 18.2 Å². The number of hydrogen-bond acceptors (Lipinski definition) is 7. The van der Waals surface area contributed by atoms with E-state index in [1.54, 1.807) is 18.2 Å². The predicted molar refractivity (Wildman–Crippen MR) is 172 cm³/mol. The summed E-state index contributed by atoms with van der Waals surface area (Å²) in [4.78, 5) is 46.6. The van der Waals surface area contributed by atoms with E-state index in [4.69, 9.17) is 4.74 Å². The number of carbonyl (C=O) groups is 3. The molecule has 0 aliphatic carbocycles. The average Bonchev–Trinajstić information content (AvgIpc) is 3.22. The zero-order chi connectivity index (χ0) is 31.6. The van der Waals surface area contributed by atoms with Crippen molar-refractivity contribution in [3.05, 3.63) is 58.1 Å². The van der Waals surface area contributed by atoms with Crippen molar-refractivity contribution in [1.29, 1.82) is 0 Å². The SMILES string of the molecule is O=CCC1(N2CCC(N3CCOCC3)CC2)CC(N2CCc3ccccc3NC2=O)CC[N@+]1(Cc1ccc(O)c(Br)c1)C(=O)O. The predicted octanol–water partition coefficient (Wildman–Crippen LogP) is 4.48. The number of ether oxygens (including phenoxy) is 1. The van der Waals surface area contributed by atoms with E-state index in [0.29, 0.717) is 49.4 Å². The summed E-state index contributed by atoms with van der Waals surface area (Å²) >= 11 is 3.40. The maximum Gasteiger partial charge on any atom is 0.515 e. The number of phenolic OH excluding ortho intramolecular Hbond substituents is 1. The number of likely N-dealkylation sites (tertiary alicyclic amines) is 2. The largest absolute Gasteiger partial charge is 0.515 e. The third-order valence-electron chi connectivity index (χ3n) is 10.6. The number of carboxylic acid groups (broad SMARTS) is 1. The number of para-hydroxylation sites is 1. The van der Waals surface area contributed by atoms with E-state index < -0.39 is 11.8 Å². The number of fused-ring (bicyclic) bond motifs is 1. The van der Waals surface area contributed by atoms with Crippen molar-refractivity contribution in [2.75, 3.05) is 57.8 Å². The number of aromatic hydroxyl groups is 1. The van der Waals surface area contributed by atoms with Gasteiger partial charge in [-0.3, -0.25) is 9.80 Å². The van der Waals surface area contributed by atoms with Gasteiger partial charge >= 0.3 is 12.1 Å². The van der Waals surface area contributed by atoms with Gasteiger partial charge in [0.15, 0.2) is 5.66 Å². The summed E-state index contributed by atoms with van der Waals surface area (Å²) < 4.78 is 5.73. The number of nitrogens with one attached hydrogen (secondary N) is 1. The second-order valence-corrected chi connectivity index (χ2v) is 13.7. The lowest BCUT2D eigenvalue weighted by Crippen LogP contribution is -2.78. The van der Waals surface area contributed by atoms with Gasteiger partial charge in [0.1, 0.15) is 18.6 Å². The molecule has 4 aliphatic rings. The number of phenols is 1. The molecule has 0 spiro atoms. The monoisotopic (exact) mass is 684 g/mol. The van der Waals surface area contributed by atoms with Crippen LogP contribution in [0.15, 0.2) is 46.9 Å². The molecule has 2 aromatic carbocycles. The van der Waals surface area contributed by atoms with Gasteiger partial charge in [0.2, 0.25) is 0 Å². The van der Waals surface area contributed by atoms with Crippen molar-refractivity contribution < 1.29 is 33.8 Å². The van der Waals surface area contributed by atoms with E-state index in [2.05, 4.69) is 31.0 Å². The maximum absolute atomic E-state index is 13.7. The van der Waals surface area contributed by atoms with Gasteiger partial charge in [0.25, 0.3) is 0 Å². The van der Waals surface area contributed by atoms with E-state index in [9.17, 15) is 24.6 Å². The van der Waals surface area contributed by atoms with E-state index in [1.807, 2.05) is 29.2 Å². The fourth-order valence-electron chi connectivity index (χ4n) is 8.27. The van der Waals surface area contributed by atoms with Crippen LogP contribution < -0.4 is 5.32 Å². The Labute approximate surface area is 272 Å². The van der Waals surface area contributed by atoms with E-state index >= 15 is 0 Å². The van der Waals surface area contributed by atoms with Gasteiger partial charge in [-0.15, -0.1) is 0 Å². The van der Waals surface area contributed by atoms with Crippen molar-refractivity contribution in [3.8, 4) is 5.75 Å². The second kappa shape index (κ2) is 13.4. The number of halogens is 1. The molecule has 4 heterocycles. The van der Waals surface area contributed by atoms with Crippen LogP contribution in [0.4, 0.5) is 15.3 Å². The van der Waals surface area contributed by atoms with E-state index in [-0.39, 0.29) is 41.8 Å². The molecule has 12 heteroatoms. The van der Waals surface area contributed by atoms with Crippen molar-refractivity contribution >= 4 is 40.0 Å². The summed E-state index contributed by atoms with van der Waals surface area (Å²) in [7, 11) is 0. The molecule has 3 N–H and O–H groups in total. The van der Waals surface area contributed by atoms with Crippen LogP contribution in [-0.2, 0) is 22.5 Å². The molecule has 2 aromatic rings. The molecule has 2 unspecified atom stereocenters. The van der Waals surface area contributed by atoms with Crippen LogP contribution in [0.2, 0.25) is 0 Å². The average molecular weight is 686 g/mol. The summed E-state index contributed by atoms with van der Waals surface area (Å²) in [5.41, 5.74) is 1.55. The van der Waals surface area contributed by atoms with Crippen molar-refractivity contribution in [2.45, 2.75) is 62.8 Å². The number of amides is 3. The molecule has 0 saturated carbocycles. The van der Waals surface area contributed by atoms with Crippen molar-refractivity contribution in [2.24, 2.45) is 0 Å². The number of urea groups is 1. The van der Waals surface area contributed by atoms with Crippen LogP contribution in [0, 0.1) is 0 Å². The number of hydrogen-bond donors (Lipinski definition) is 3. The standard InChI is InChI=1S/C33H42BrN5O6/c34-28-21-24(5-6-30(28)41)23-39(32(43)44)17-10-27(38-14-7-25-3-1-2-4-29(25)35-31(38)42)22-33(39,11-18-40)37-12-8-26(9-13-37)36-15-19-45-20-16-36/h1-6,18,21,26-27H,7-17,19-20,22-23H2,(H2-,35,41,42,43,44)/p+1/t27?,33?,39-/m0/s1. The van der Waals surface area contributed by atoms with Crippen LogP contribution in [-0.4, -0.2) is 118 Å². The lowest BCUT2D eigenvalue weighted by molar-refractivity contribution is -0.942. The molecular weight excluding hydrogens is 642 g/mol. The molecule has 242 valence electrons. The Bertz CT molecular complexity index is 1410. The third-order valence-corrected chi connectivity index (χ3v) is 11.3. The molecule has 0 aromatic heterocycles. The highest BCUT2D eigenvalue weighted by molar-refractivity contribution is 9.10. The van der Waals surface area contributed by atoms with Crippen molar-refractivity contribution in [3.63, 3.8) is 0 Å². The zero-order valence-corrected chi connectivity index (χ0v) is 27.2. The number of rotatable bonds is 7. The number of quaternary nitrogens is 1. The first-order valence-corrected chi connectivity index (χ1v) is 16.8. The number of anilines is 1. The number of nitrogens with zero attached hydrogens (tertiary/aromatic N) is 4. The number of aldehydes is 1. The topological polar surface area (TPSA) is 123 Å². The molecule has 11 nitrogen and oxygen atoms in total. The Morgan fingerprint density at radius 3 is 2.53 bits per heavy atom. The van der Waals surface area contributed by atoms with Crippen LogP contribution in [0.1, 0.15) is 43.2 Å². The van der Waals surface area contributed by atoms with Crippen LogP contribution in [0.3, 0.4) is 0 Å². The molecule has 0 radical (unpaired) electrons. The van der Waals surface area contributed by atoms with Gasteiger partial charge in [0.05, 0.1) is 30.7 Å². The van der Waals surface area contributed by atoms with Crippen LogP contribution >= 0.6 is 15.9 Å². The minimum Gasteiger partial charge on any atom is -0.507 e. The Morgan fingerprint density at radius 2 is 1.82 bits per heavy atom. The Balaban J connectivity index is 1.36.